The molecule has 1 aliphatic rings. The third kappa shape index (κ3) is 2.51. The molecule has 2 aromatic carbocycles. The zero-order chi connectivity index (χ0) is 15.0. The first-order valence-corrected chi connectivity index (χ1v) is 6.93. The maximum atomic E-state index is 14.0. The smallest absolute Gasteiger partial charge is 0.131 e. The van der Waals surface area contributed by atoms with Crippen molar-refractivity contribution in [2.45, 2.75) is 25.4 Å². The summed E-state index contributed by atoms with van der Waals surface area (Å²) in [5, 5.41) is 10.6. The molecular formula is C17H16F2O2. The van der Waals surface area contributed by atoms with Gasteiger partial charge in [0.05, 0.1) is 12.7 Å². The SMILES string of the molecule is Cc1cc(C(O)C2CCOc3ccccc32)c(F)cc1F. The number of aliphatic hydroxyl groups is 1. The fourth-order valence-corrected chi connectivity index (χ4v) is 2.82. The molecule has 1 aliphatic heterocycles. The quantitative estimate of drug-likeness (QED) is 0.909. The molecule has 0 saturated heterocycles. The summed E-state index contributed by atoms with van der Waals surface area (Å²) in [6.45, 7) is 2.03. The summed E-state index contributed by atoms with van der Waals surface area (Å²) in [7, 11) is 0. The molecule has 110 valence electrons. The lowest BCUT2D eigenvalue weighted by Crippen LogP contribution is -2.20. The fourth-order valence-electron chi connectivity index (χ4n) is 2.82. The van der Waals surface area contributed by atoms with Gasteiger partial charge in [-0.2, -0.15) is 0 Å². The molecule has 3 rings (SSSR count). The number of fused-ring (bicyclic) bond motifs is 1. The normalized spacial score (nSPS) is 18.8. The largest absolute Gasteiger partial charge is 0.493 e. The predicted octanol–water partition coefficient (Wildman–Crippen LogP) is 3.87. The molecule has 0 aliphatic carbocycles. The minimum atomic E-state index is -1.02. The molecule has 1 heterocycles. The number of halogens is 2. The summed E-state index contributed by atoms with van der Waals surface area (Å²) in [5.74, 6) is -0.855. The first-order chi connectivity index (χ1) is 10.1. The first kappa shape index (κ1) is 14.0. The summed E-state index contributed by atoms with van der Waals surface area (Å²) >= 11 is 0. The van der Waals surface area contributed by atoms with Crippen LogP contribution in [0.1, 0.15) is 35.1 Å². The minimum Gasteiger partial charge on any atom is -0.493 e. The van der Waals surface area contributed by atoms with Gasteiger partial charge in [-0.15, -0.1) is 0 Å². The Morgan fingerprint density at radius 1 is 1.19 bits per heavy atom. The second-order valence-electron chi connectivity index (χ2n) is 5.35. The van der Waals surface area contributed by atoms with E-state index >= 15 is 0 Å². The Labute approximate surface area is 122 Å². The molecule has 0 saturated carbocycles. The van der Waals surface area contributed by atoms with E-state index in [0.717, 1.165) is 11.6 Å². The monoisotopic (exact) mass is 290 g/mol. The molecule has 2 aromatic rings. The molecule has 2 unspecified atom stereocenters. The molecule has 0 radical (unpaired) electrons. The first-order valence-electron chi connectivity index (χ1n) is 6.93. The van der Waals surface area contributed by atoms with E-state index in [1.54, 1.807) is 6.92 Å². The van der Waals surface area contributed by atoms with E-state index in [-0.39, 0.29) is 11.5 Å². The number of rotatable bonds is 2. The summed E-state index contributed by atoms with van der Waals surface area (Å²) in [5.41, 5.74) is 1.32. The average Bonchev–Trinajstić information content (AvgIpc) is 2.49. The van der Waals surface area contributed by atoms with Crippen molar-refractivity contribution >= 4 is 0 Å². The number of hydrogen-bond acceptors (Lipinski definition) is 2. The van der Waals surface area contributed by atoms with Crippen molar-refractivity contribution in [2.24, 2.45) is 0 Å². The van der Waals surface area contributed by atoms with E-state index < -0.39 is 17.7 Å². The summed E-state index contributed by atoms with van der Waals surface area (Å²) in [6.07, 6.45) is -0.428. The van der Waals surface area contributed by atoms with E-state index in [4.69, 9.17) is 4.74 Å². The Kier molecular flexibility index (Phi) is 3.64. The van der Waals surface area contributed by atoms with E-state index in [1.165, 1.54) is 6.07 Å². The lowest BCUT2D eigenvalue weighted by molar-refractivity contribution is 0.114. The highest BCUT2D eigenvalue weighted by Crippen LogP contribution is 2.42. The van der Waals surface area contributed by atoms with Gasteiger partial charge in [0.2, 0.25) is 0 Å². The highest BCUT2D eigenvalue weighted by atomic mass is 19.1. The zero-order valence-electron chi connectivity index (χ0n) is 11.6. The van der Waals surface area contributed by atoms with Crippen molar-refractivity contribution in [1.29, 1.82) is 0 Å². The Bertz CT molecular complexity index is 670. The number of hydrogen-bond donors (Lipinski definition) is 1. The number of aryl methyl sites for hydroxylation is 1. The van der Waals surface area contributed by atoms with Gasteiger partial charge in [0.25, 0.3) is 0 Å². The Hall–Kier alpha value is -1.94. The van der Waals surface area contributed by atoms with Crippen molar-refractivity contribution in [3.63, 3.8) is 0 Å². The summed E-state index contributed by atoms with van der Waals surface area (Å²) < 4.78 is 32.9. The van der Waals surface area contributed by atoms with Gasteiger partial charge in [-0.05, 0) is 31.0 Å². The van der Waals surface area contributed by atoms with Gasteiger partial charge in [-0.25, -0.2) is 8.78 Å². The molecule has 0 aromatic heterocycles. The van der Waals surface area contributed by atoms with Crippen molar-refractivity contribution in [1.82, 2.24) is 0 Å². The second-order valence-corrected chi connectivity index (χ2v) is 5.35. The summed E-state index contributed by atoms with van der Waals surface area (Å²) in [6, 6.07) is 9.64. The third-order valence-electron chi connectivity index (χ3n) is 3.98. The predicted molar refractivity (Wildman–Crippen MR) is 75.3 cm³/mol. The van der Waals surface area contributed by atoms with Gasteiger partial charge in [0, 0.05) is 23.1 Å². The van der Waals surface area contributed by atoms with Crippen LogP contribution in [-0.2, 0) is 0 Å². The number of ether oxygens (including phenoxy) is 1. The van der Waals surface area contributed by atoms with Crippen LogP contribution in [0.2, 0.25) is 0 Å². The molecule has 0 spiro atoms. The van der Waals surface area contributed by atoms with Gasteiger partial charge in [-0.3, -0.25) is 0 Å². The molecule has 0 amide bonds. The van der Waals surface area contributed by atoms with Crippen LogP contribution < -0.4 is 4.74 Å². The molecule has 2 atom stereocenters. The van der Waals surface area contributed by atoms with Crippen LogP contribution in [0.4, 0.5) is 8.78 Å². The van der Waals surface area contributed by atoms with Gasteiger partial charge in [-0.1, -0.05) is 18.2 Å². The molecule has 4 heteroatoms. The molecule has 1 N–H and O–H groups in total. The Balaban J connectivity index is 2.00. The van der Waals surface area contributed by atoms with Gasteiger partial charge >= 0.3 is 0 Å². The maximum absolute atomic E-state index is 14.0. The van der Waals surface area contributed by atoms with Gasteiger partial charge in [0.1, 0.15) is 17.4 Å². The Morgan fingerprint density at radius 2 is 1.95 bits per heavy atom. The van der Waals surface area contributed by atoms with Crippen LogP contribution in [0.5, 0.6) is 5.75 Å². The fraction of sp³-hybridized carbons (Fsp3) is 0.294. The van der Waals surface area contributed by atoms with Crippen LogP contribution in [0.25, 0.3) is 0 Å². The average molecular weight is 290 g/mol. The second kappa shape index (κ2) is 5.45. The molecule has 0 fully saturated rings. The van der Waals surface area contributed by atoms with Crippen molar-refractivity contribution in [3.05, 3.63) is 64.7 Å². The number of benzene rings is 2. The van der Waals surface area contributed by atoms with E-state index in [1.807, 2.05) is 24.3 Å². The van der Waals surface area contributed by atoms with Crippen LogP contribution in [-0.4, -0.2) is 11.7 Å². The lowest BCUT2D eigenvalue weighted by Gasteiger charge is -2.30. The van der Waals surface area contributed by atoms with Crippen LogP contribution in [0.3, 0.4) is 0 Å². The topological polar surface area (TPSA) is 29.5 Å². The maximum Gasteiger partial charge on any atom is 0.131 e. The standard InChI is InChI=1S/C17H16F2O2/c1-10-8-13(15(19)9-14(10)18)17(20)12-6-7-21-16-5-3-2-4-11(12)16/h2-5,8-9,12,17,20H,6-7H2,1H3. The highest BCUT2D eigenvalue weighted by Gasteiger charge is 2.30. The molecule has 2 nitrogen and oxygen atoms in total. The summed E-state index contributed by atoms with van der Waals surface area (Å²) in [4.78, 5) is 0. The van der Waals surface area contributed by atoms with Gasteiger partial charge < -0.3 is 9.84 Å². The lowest BCUT2D eigenvalue weighted by atomic mass is 9.84. The Morgan fingerprint density at radius 3 is 2.76 bits per heavy atom. The van der Waals surface area contributed by atoms with E-state index in [0.29, 0.717) is 24.3 Å². The number of aliphatic hydroxyl groups excluding tert-OH is 1. The zero-order valence-corrected chi connectivity index (χ0v) is 11.6. The molecule has 0 bridgehead atoms. The molecular weight excluding hydrogens is 274 g/mol. The minimum absolute atomic E-state index is 0.135. The third-order valence-corrected chi connectivity index (χ3v) is 3.98. The van der Waals surface area contributed by atoms with Crippen molar-refractivity contribution in [2.75, 3.05) is 6.61 Å². The highest BCUT2D eigenvalue weighted by molar-refractivity contribution is 5.40. The van der Waals surface area contributed by atoms with Crippen LogP contribution >= 0.6 is 0 Å². The van der Waals surface area contributed by atoms with Crippen molar-refractivity contribution in [3.8, 4) is 5.75 Å². The number of para-hydroxylation sites is 1. The van der Waals surface area contributed by atoms with E-state index in [9.17, 15) is 13.9 Å². The molecule has 21 heavy (non-hydrogen) atoms. The van der Waals surface area contributed by atoms with E-state index in [2.05, 4.69) is 0 Å². The van der Waals surface area contributed by atoms with Crippen LogP contribution in [0, 0.1) is 18.6 Å². The van der Waals surface area contributed by atoms with Gasteiger partial charge in [0.15, 0.2) is 0 Å². The van der Waals surface area contributed by atoms with Crippen LogP contribution in [0.15, 0.2) is 36.4 Å². The van der Waals surface area contributed by atoms with Crippen molar-refractivity contribution < 1.29 is 18.6 Å².